The van der Waals surface area contributed by atoms with E-state index in [0.717, 1.165) is 0 Å². The number of hydrazine groups is 1. The normalized spacial score (nSPS) is 10.5. The molecule has 0 aliphatic carbocycles. The van der Waals surface area contributed by atoms with Crippen LogP contribution in [-0.2, 0) is 4.79 Å². The molecule has 0 radical (unpaired) electrons. The first kappa shape index (κ1) is 21.0. The first-order valence-corrected chi connectivity index (χ1v) is 9.05. The van der Waals surface area contributed by atoms with Crippen LogP contribution in [-0.4, -0.2) is 23.8 Å². The summed E-state index contributed by atoms with van der Waals surface area (Å²) in [6.07, 6.45) is -0.0850. The minimum Gasteiger partial charge on any atom is -0.490 e. The molecule has 2 aromatic rings. The summed E-state index contributed by atoms with van der Waals surface area (Å²) in [5.74, 6) is -0.759. The number of ether oxygens (including phenoxy) is 1. The molecule has 0 aliphatic rings. The number of amides is 3. The lowest BCUT2D eigenvalue weighted by Crippen LogP contribution is -2.41. The van der Waals surface area contributed by atoms with E-state index in [1.807, 2.05) is 13.8 Å². The van der Waals surface area contributed by atoms with Gasteiger partial charge in [0.05, 0.1) is 11.7 Å². The lowest BCUT2D eigenvalue weighted by molar-refractivity contribution is -0.118. The molecule has 0 unspecified atom stereocenters. The van der Waals surface area contributed by atoms with Crippen LogP contribution in [0.5, 0.6) is 5.75 Å². The molecular weight excluding hydrogens is 358 g/mol. The van der Waals surface area contributed by atoms with Crippen molar-refractivity contribution in [3.05, 3.63) is 59.7 Å². The molecule has 0 saturated carbocycles. The monoisotopic (exact) mass is 383 g/mol. The Morgan fingerprint density at radius 3 is 2.04 bits per heavy atom. The molecule has 2 rings (SSSR count). The summed E-state index contributed by atoms with van der Waals surface area (Å²) in [6, 6.07) is 13.2. The highest BCUT2D eigenvalue weighted by Crippen LogP contribution is 2.19. The van der Waals surface area contributed by atoms with Gasteiger partial charge in [-0.25, -0.2) is 0 Å². The van der Waals surface area contributed by atoms with E-state index in [-0.39, 0.29) is 17.9 Å². The van der Waals surface area contributed by atoms with Crippen molar-refractivity contribution in [2.24, 2.45) is 5.92 Å². The third kappa shape index (κ3) is 5.84. The predicted molar refractivity (Wildman–Crippen MR) is 107 cm³/mol. The molecule has 0 heterocycles. The lowest BCUT2D eigenvalue weighted by atomic mass is 10.1. The Hall–Kier alpha value is -3.35. The third-order valence-corrected chi connectivity index (χ3v) is 3.72. The molecule has 28 heavy (non-hydrogen) atoms. The highest BCUT2D eigenvalue weighted by Gasteiger charge is 2.14. The SMILES string of the molecule is CC(C)Oc1ccccc1C(=O)NNC(=O)c1ccc(NC(=O)C(C)C)cc1. The van der Waals surface area contributed by atoms with Gasteiger partial charge in [-0.1, -0.05) is 26.0 Å². The minimum absolute atomic E-state index is 0.0850. The van der Waals surface area contributed by atoms with Gasteiger partial charge in [-0.05, 0) is 50.2 Å². The Balaban J connectivity index is 1.97. The summed E-state index contributed by atoms with van der Waals surface area (Å²) in [6.45, 7) is 7.32. The maximum atomic E-state index is 12.4. The summed E-state index contributed by atoms with van der Waals surface area (Å²) in [4.78, 5) is 36.3. The van der Waals surface area contributed by atoms with Crippen LogP contribution in [0.15, 0.2) is 48.5 Å². The molecule has 0 atom stereocenters. The van der Waals surface area contributed by atoms with E-state index >= 15 is 0 Å². The minimum atomic E-state index is -0.481. The van der Waals surface area contributed by atoms with Gasteiger partial charge in [-0.3, -0.25) is 25.2 Å². The van der Waals surface area contributed by atoms with Gasteiger partial charge in [-0.15, -0.1) is 0 Å². The van der Waals surface area contributed by atoms with Crippen LogP contribution in [0.2, 0.25) is 0 Å². The Morgan fingerprint density at radius 1 is 0.821 bits per heavy atom. The molecule has 7 heteroatoms. The number of carbonyl (C=O) groups is 3. The maximum absolute atomic E-state index is 12.4. The maximum Gasteiger partial charge on any atom is 0.273 e. The number of rotatable bonds is 6. The van der Waals surface area contributed by atoms with Crippen molar-refractivity contribution in [2.75, 3.05) is 5.32 Å². The topological polar surface area (TPSA) is 96.5 Å². The number of carbonyl (C=O) groups excluding carboxylic acids is 3. The van der Waals surface area contributed by atoms with Gasteiger partial charge in [0.25, 0.3) is 11.8 Å². The molecule has 0 aliphatic heterocycles. The van der Waals surface area contributed by atoms with Gasteiger partial charge in [0.15, 0.2) is 0 Å². The molecule has 7 nitrogen and oxygen atoms in total. The molecule has 0 bridgehead atoms. The molecule has 3 amide bonds. The van der Waals surface area contributed by atoms with Gasteiger partial charge < -0.3 is 10.1 Å². The van der Waals surface area contributed by atoms with Crippen LogP contribution < -0.4 is 20.9 Å². The van der Waals surface area contributed by atoms with Crippen molar-refractivity contribution in [1.82, 2.24) is 10.9 Å². The first-order chi connectivity index (χ1) is 13.3. The Labute approximate surface area is 164 Å². The second-order valence-corrected chi connectivity index (χ2v) is 6.79. The second kappa shape index (κ2) is 9.55. The summed E-state index contributed by atoms with van der Waals surface area (Å²) in [7, 11) is 0. The number of benzene rings is 2. The number of nitrogens with one attached hydrogen (secondary N) is 3. The van der Waals surface area contributed by atoms with E-state index in [1.54, 1.807) is 62.4 Å². The fourth-order valence-electron chi connectivity index (χ4n) is 2.26. The van der Waals surface area contributed by atoms with E-state index in [2.05, 4.69) is 16.2 Å². The Morgan fingerprint density at radius 2 is 1.43 bits per heavy atom. The smallest absolute Gasteiger partial charge is 0.273 e. The van der Waals surface area contributed by atoms with Gasteiger partial charge >= 0.3 is 0 Å². The zero-order valence-electron chi connectivity index (χ0n) is 16.4. The lowest BCUT2D eigenvalue weighted by Gasteiger charge is -2.14. The molecule has 3 N–H and O–H groups in total. The average molecular weight is 383 g/mol. The van der Waals surface area contributed by atoms with Crippen molar-refractivity contribution in [3.8, 4) is 5.75 Å². The van der Waals surface area contributed by atoms with Crippen molar-refractivity contribution in [3.63, 3.8) is 0 Å². The summed E-state index contributed by atoms with van der Waals surface area (Å²) in [5.41, 5.74) is 6.02. The molecule has 0 fully saturated rings. The van der Waals surface area contributed by atoms with Gasteiger partial charge in [-0.2, -0.15) is 0 Å². The van der Waals surface area contributed by atoms with E-state index in [1.165, 1.54) is 0 Å². The van der Waals surface area contributed by atoms with Gasteiger partial charge in [0.2, 0.25) is 5.91 Å². The predicted octanol–water partition coefficient (Wildman–Crippen LogP) is 3.14. The number of hydrogen-bond acceptors (Lipinski definition) is 4. The highest BCUT2D eigenvalue weighted by molar-refractivity contribution is 6.00. The van der Waals surface area contributed by atoms with Crippen LogP contribution in [0.25, 0.3) is 0 Å². The standard InChI is InChI=1S/C21H25N3O4/c1-13(2)19(25)22-16-11-9-15(10-12-16)20(26)23-24-21(27)17-7-5-6-8-18(17)28-14(3)4/h5-14H,1-4H3,(H,22,25)(H,23,26)(H,24,27). The van der Waals surface area contributed by atoms with Gasteiger partial charge in [0, 0.05) is 17.2 Å². The fourth-order valence-corrected chi connectivity index (χ4v) is 2.26. The van der Waals surface area contributed by atoms with E-state index in [4.69, 9.17) is 4.74 Å². The molecule has 2 aromatic carbocycles. The van der Waals surface area contributed by atoms with Crippen LogP contribution in [0.3, 0.4) is 0 Å². The molecule has 0 spiro atoms. The average Bonchev–Trinajstić information content (AvgIpc) is 2.66. The van der Waals surface area contributed by atoms with Crippen molar-refractivity contribution in [2.45, 2.75) is 33.8 Å². The largest absolute Gasteiger partial charge is 0.490 e. The second-order valence-electron chi connectivity index (χ2n) is 6.79. The van der Waals surface area contributed by atoms with Crippen molar-refractivity contribution < 1.29 is 19.1 Å². The zero-order chi connectivity index (χ0) is 20.7. The molecular formula is C21H25N3O4. The highest BCUT2D eigenvalue weighted by atomic mass is 16.5. The zero-order valence-corrected chi connectivity index (χ0v) is 16.4. The number of anilines is 1. The first-order valence-electron chi connectivity index (χ1n) is 9.05. The van der Waals surface area contributed by atoms with E-state index in [0.29, 0.717) is 22.6 Å². The summed E-state index contributed by atoms with van der Waals surface area (Å²) in [5, 5.41) is 2.75. The summed E-state index contributed by atoms with van der Waals surface area (Å²) < 4.78 is 5.61. The van der Waals surface area contributed by atoms with Crippen LogP contribution >= 0.6 is 0 Å². The van der Waals surface area contributed by atoms with Crippen LogP contribution in [0, 0.1) is 5.92 Å². The fraction of sp³-hybridized carbons (Fsp3) is 0.286. The molecule has 0 saturated heterocycles. The van der Waals surface area contributed by atoms with Crippen molar-refractivity contribution >= 4 is 23.4 Å². The van der Waals surface area contributed by atoms with E-state index in [9.17, 15) is 14.4 Å². The third-order valence-electron chi connectivity index (χ3n) is 3.72. The van der Waals surface area contributed by atoms with Crippen LogP contribution in [0.4, 0.5) is 5.69 Å². The van der Waals surface area contributed by atoms with E-state index < -0.39 is 11.8 Å². The molecule has 148 valence electrons. The molecule has 0 aromatic heterocycles. The quantitative estimate of drug-likeness (QED) is 0.668. The Bertz CT molecular complexity index is 845. The van der Waals surface area contributed by atoms with Gasteiger partial charge in [0.1, 0.15) is 5.75 Å². The van der Waals surface area contributed by atoms with Crippen LogP contribution in [0.1, 0.15) is 48.4 Å². The number of hydrogen-bond donors (Lipinski definition) is 3. The van der Waals surface area contributed by atoms with Crippen molar-refractivity contribution in [1.29, 1.82) is 0 Å². The Kier molecular flexibility index (Phi) is 7.14. The number of para-hydroxylation sites is 1. The summed E-state index contributed by atoms with van der Waals surface area (Å²) >= 11 is 0.